The minimum absolute atomic E-state index is 0.136. The number of nitrogens with one attached hydrogen (secondary N) is 3. The van der Waals surface area contributed by atoms with Gasteiger partial charge >= 0.3 is 0 Å². The van der Waals surface area contributed by atoms with E-state index in [0.29, 0.717) is 41.5 Å². The van der Waals surface area contributed by atoms with Gasteiger partial charge in [0.25, 0.3) is 5.91 Å². The summed E-state index contributed by atoms with van der Waals surface area (Å²) in [6.45, 7) is 3.77. The van der Waals surface area contributed by atoms with Gasteiger partial charge in [-0.2, -0.15) is 0 Å². The molecule has 1 unspecified atom stereocenters. The van der Waals surface area contributed by atoms with E-state index in [1.807, 2.05) is 24.6 Å². The lowest BCUT2D eigenvalue weighted by molar-refractivity contribution is -0.123. The van der Waals surface area contributed by atoms with Gasteiger partial charge in [0.2, 0.25) is 5.91 Å². The van der Waals surface area contributed by atoms with Crippen LogP contribution < -0.4 is 16.0 Å². The third-order valence-electron chi connectivity index (χ3n) is 9.41. The topological polar surface area (TPSA) is 106 Å². The Labute approximate surface area is 254 Å². The molecule has 0 spiro atoms. The Morgan fingerprint density at radius 1 is 1.14 bits per heavy atom. The number of amides is 2. The minimum atomic E-state index is -1.09. The molecule has 4 aromatic rings. The molecule has 226 valence electrons. The van der Waals surface area contributed by atoms with E-state index in [2.05, 4.69) is 32.7 Å². The fourth-order valence-corrected chi connectivity index (χ4v) is 7.15. The van der Waals surface area contributed by atoms with E-state index >= 15 is 0 Å². The van der Waals surface area contributed by atoms with Crippen LogP contribution in [0.15, 0.2) is 30.3 Å². The smallest absolute Gasteiger partial charge is 0.251 e. The fraction of sp³-hybridized carbons (Fsp3) is 0.500. The summed E-state index contributed by atoms with van der Waals surface area (Å²) < 4.78 is 18.6. The summed E-state index contributed by atoms with van der Waals surface area (Å²) in [5.41, 5.74) is 4.26. The highest BCUT2D eigenvalue weighted by molar-refractivity contribution is 6.35. The summed E-state index contributed by atoms with van der Waals surface area (Å²) in [7, 11) is 1.92. The van der Waals surface area contributed by atoms with Crippen molar-refractivity contribution < 1.29 is 14.0 Å². The average molecular weight is 606 g/mol. The number of aryl methyl sites for hydroxylation is 2. The number of rotatable bonds is 3. The number of hydrogen-bond acceptors (Lipinski definition) is 5. The lowest BCUT2D eigenvalue weighted by Gasteiger charge is -2.27. The van der Waals surface area contributed by atoms with Gasteiger partial charge in [-0.05, 0) is 75.4 Å². The highest BCUT2D eigenvalue weighted by atomic mass is 35.5. The van der Waals surface area contributed by atoms with Crippen LogP contribution in [0.1, 0.15) is 67.5 Å². The number of carbonyl (C=O) groups is 2. The van der Waals surface area contributed by atoms with Crippen molar-refractivity contribution in [2.75, 3.05) is 13.1 Å². The van der Waals surface area contributed by atoms with Crippen LogP contribution in [0.3, 0.4) is 0 Å². The molecular formula is C32H37ClFN7O2. The standard InChI is InChI=1S/C32H37ClFN7O2/c1-17-24-8-7-19-15-27(41(29(19)37-24)11-5-3-4-6-18-12-21(18)32(43)36-17)30-38-25-14-20(13-22(33)28(25)40(30)2)31(42)39-26-16-35-10-9-23(26)34/h7-8,13-15,17-18,21,23,26,35H,3-6,9-12,16H2,1-2H3,(H,36,43)(H,39,42)/t17-,18-,21?,23+,26+/m1/s1. The molecule has 5 atom stereocenters. The summed E-state index contributed by atoms with van der Waals surface area (Å²) in [5.74, 6) is 1.13. The molecule has 11 heteroatoms. The molecule has 2 bridgehead atoms. The number of fused-ring (bicyclic) bond motifs is 3. The molecule has 9 nitrogen and oxygen atoms in total. The molecule has 2 amide bonds. The Balaban J connectivity index is 1.26. The average Bonchev–Trinajstić information content (AvgIpc) is 3.57. The van der Waals surface area contributed by atoms with Crippen LogP contribution in [0, 0.1) is 11.8 Å². The molecule has 1 saturated heterocycles. The van der Waals surface area contributed by atoms with Gasteiger partial charge in [0.15, 0.2) is 5.82 Å². The van der Waals surface area contributed by atoms with Crippen LogP contribution in [0.4, 0.5) is 4.39 Å². The van der Waals surface area contributed by atoms with Crippen LogP contribution in [-0.2, 0) is 18.4 Å². The first-order valence-corrected chi connectivity index (χ1v) is 15.8. The van der Waals surface area contributed by atoms with Crippen molar-refractivity contribution in [3.8, 4) is 11.5 Å². The second-order valence-corrected chi connectivity index (χ2v) is 12.8. The Morgan fingerprint density at radius 3 is 2.84 bits per heavy atom. The highest BCUT2D eigenvalue weighted by Gasteiger charge is 2.42. The molecule has 3 aromatic heterocycles. The van der Waals surface area contributed by atoms with Crippen LogP contribution in [-0.4, -0.2) is 56.2 Å². The Hall–Kier alpha value is -3.50. The highest BCUT2D eigenvalue weighted by Crippen LogP contribution is 2.43. The first-order chi connectivity index (χ1) is 20.8. The van der Waals surface area contributed by atoms with Crippen LogP contribution in [0.5, 0.6) is 0 Å². The van der Waals surface area contributed by atoms with Gasteiger partial charge in [-0.15, -0.1) is 0 Å². The lowest BCUT2D eigenvalue weighted by Crippen LogP contribution is -2.52. The number of aromatic nitrogens is 4. The number of imidazole rings is 1. The molecule has 0 radical (unpaired) electrons. The van der Waals surface area contributed by atoms with Gasteiger partial charge in [0, 0.05) is 37.0 Å². The predicted molar refractivity (Wildman–Crippen MR) is 165 cm³/mol. The van der Waals surface area contributed by atoms with E-state index < -0.39 is 12.2 Å². The summed E-state index contributed by atoms with van der Waals surface area (Å²) in [6, 6.07) is 8.72. The van der Waals surface area contributed by atoms with E-state index in [1.54, 1.807) is 12.1 Å². The number of halogens is 2. The van der Waals surface area contributed by atoms with Crippen molar-refractivity contribution >= 4 is 45.5 Å². The molecule has 43 heavy (non-hydrogen) atoms. The summed E-state index contributed by atoms with van der Waals surface area (Å²) in [5, 5.41) is 10.5. The van der Waals surface area contributed by atoms with Gasteiger partial charge in [0.05, 0.1) is 39.5 Å². The number of benzene rings is 1. The van der Waals surface area contributed by atoms with Crippen molar-refractivity contribution in [2.45, 2.75) is 70.2 Å². The maximum Gasteiger partial charge on any atom is 0.251 e. The molecule has 5 heterocycles. The molecular weight excluding hydrogens is 569 g/mol. The zero-order valence-corrected chi connectivity index (χ0v) is 25.3. The molecule has 2 aliphatic heterocycles. The number of nitrogens with zero attached hydrogens (tertiary/aromatic N) is 4. The monoisotopic (exact) mass is 605 g/mol. The van der Waals surface area contributed by atoms with Gasteiger partial charge in [-0.25, -0.2) is 14.4 Å². The summed E-state index contributed by atoms with van der Waals surface area (Å²) >= 11 is 6.76. The van der Waals surface area contributed by atoms with Gasteiger partial charge in [-0.1, -0.05) is 24.4 Å². The molecule has 1 aliphatic carbocycles. The molecule has 1 saturated carbocycles. The van der Waals surface area contributed by atoms with E-state index in [4.69, 9.17) is 21.6 Å². The Morgan fingerprint density at radius 2 is 2.00 bits per heavy atom. The lowest BCUT2D eigenvalue weighted by atomic mass is 10.0. The van der Waals surface area contributed by atoms with E-state index in [9.17, 15) is 14.0 Å². The van der Waals surface area contributed by atoms with Gasteiger partial charge < -0.3 is 25.1 Å². The number of hydrogen-bond donors (Lipinski definition) is 3. The van der Waals surface area contributed by atoms with Crippen molar-refractivity contribution in [1.82, 2.24) is 35.1 Å². The fourth-order valence-electron chi connectivity index (χ4n) is 6.81. The second-order valence-electron chi connectivity index (χ2n) is 12.4. The van der Waals surface area contributed by atoms with Gasteiger partial charge in [-0.3, -0.25) is 9.59 Å². The van der Waals surface area contributed by atoms with Crippen LogP contribution >= 0.6 is 11.6 Å². The quantitative estimate of drug-likeness (QED) is 0.303. The molecule has 3 aliphatic rings. The minimum Gasteiger partial charge on any atom is -0.348 e. The Kier molecular flexibility index (Phi) is 7.37. The van der Waals surface area contributed by atoms with E-state index in [-0.39, 0.29) is 23.8 Å². The molecule has 3 N–H and O–H groups in total. The SMILES string of the molecule is C[C@H]1NC(=O)C2C[C@H]2CCCCCn2c(-c3nc4cc(C(=O)N[C@H]5CNCC[C@@H]5F)cc(Cl)c4n3C)cc3ccc1nc32. The third kappa shape index (κ3) is 5.29. The van der Waals surface area contributed by atoms with Crippen molar-refractivity contribution in [3.05, 3.63) is 46.6 Å². The van der Waals surface area contributed by atoms with Crippen molar-refractivity contribution in [3.63, 3.8) is 0 Å². The first-order valence-electron chi connectivity index (χ1n) is 15.4. The summed E-state index contributed by atoms with van der Waals surface area (Å²) in [6.07, 6.45) is 4.52. The zero-order valence-electron chi connectivity index (χ0n) is 24.5. The van der Waals surface area contributed by atoms with E-state index in [1.165, 1.54) is 0 Å². The van der Waals surface area contributed by atoms with Gasteiger partial charge in [0.1, 0.15) is 11.8 Å². The van der Waals surface area contributed by atoms with Crippen LogP contribution in [0.25, 0.3) is 33.6 Å². The maximum atomic E-state index is 14.4. The number of alkyl halides is 1. The third-order valence-corrected chi connectivity index (χ3v) is 9.70. The maximum absolute atomic E-state index is 14.4. The largest absolute Gasteiger partial charge is 0.348 e. The molecule has 1 aromatic carbocycles. The molecule has 7 rings (SSSR count). The summed E-state index contributed by atoms with van der Waals surface area (Å²) in [4.78, 5) is 35.9. The first kappa shape index (κ1) is 28.3. The van der Waals surface area contributed by atoms with Crippen molar-refractivity contribution in [2.24, 2.45) is 18.9 Å². The number of pyridine rings is 1. The number of piperidine rings is 1. The van der Waals surface area contributed by atoms with Crippen molar-refractivity contribution in [1.29, 1.82) is 0 Å². The second kappa shape index (κ2) is 11.2. The Bertz CT molecular complexity index is 1730. The van der Waals surface area contributed by atoms with Crippen LogP contribution in [0.2, 0.25) is 5.02 Å². The zero-order chi connectivity index (χ0) is 29.8. The van der Waals surface area contributed by atoms with E-state index in [0.717, 1.165) is 72.4 Å². The number of carbonyl (C=O) groups excluding carboxylic acids is 2. The predicted octanol–water partition coefficient (Wildman–Crippen LogP) is 5.06. The normalized spacial score (nSPS) is 26.2. The molecule has 2 fully saturated rings.